The molecule has 1 aromatic heterocycles. The summed E-state index contributed by atoms with van der Waals surface area (Å²) in [6, 6.07) is 21.4. The van der Waals surface area contributed by atoms with Crippen LogP contribution in [0.4, 0.5) is 5.69 Å². The summed E-state index contributed by atoms with van der Waals surface area (Å²) in [7, 11) is 0. The van der Waals surface area contributed by atoms with Crippen LogP contribution in [0.5, 0.6) is 5.75 Å². The summed E-state index contributed by atoms with van der Waals surface area (Å²) in [6.07, 6.45) is 0. The van der Waals surface area contributed by atoms with Gasteiger partial charge in [-0.2, -0.15) is 0 Å². The van der Waals surface area contributed by atoms with Gasteiger partial charge >= 0.3 is 5.97 Å². The topological polar surface area (TPSA) is 88.5 Å². The van der Waals surface area contributed by atoms with Crippen LogP contribution in [-0.4, -0.2) is 28.6 Å². The number of carbonyl (C=O) groups is 2. The predicted octanol–water partition coefficient (Wildman–Crippen LogP) is 3.46. The highest BCUT2D eigenvalue weighted by Crippen LogP contribution is 2.19. The van der Waals surface area contributed by atoms with Crippen LogP contribution in [0.2, 0.25) is 0 Å². The van der Waals surface area contributed by atoms with E-state index in [1.807, 2.05) is 36.4 Å². The number of aliphatic carboxylic acids is 1. The van der Waals surface area contributed by atoms with E-state index < -0.39 is 12.6 Å². The van der Waals surface area contributed by atoms with Crippen molar-refractivity contribution in [1.29, 1.82) is 0 Å². The van der Waals surface area contributed by atoms with E-state index in [-0.39, 0.29) is 11.6 Å². The molecule has 0 aliphatic carbocycles. The first-order chi connectivity index (χ1) is 12.6. The second-order valence-electron chi connectivity index (χ2n) is 5.44. The van der Waals surface area contributed by atoms with Crippen LogP contribution in [-0.2, 0) is 4.79 Å². The first-order valence-corrected chi connectivity index (χ1v) is 7.90. The van der Waals surface area contributed by atoms with Crippen LogP contribution >= 0.6 is 0 Å². The lowest BCUT2D eigenvalue weighted by molar-refractivity contribution is -0.139. The molecule has 26 heavy (non-hydrogen) atoms. The van der Waals surface area contributed by atoms with Crippen LogP contribution in [0.15, 0.2) is 72.8 Å². The molecule has 0 spiro atoms. The lowest BCUT2D eigenvalue weighted by Crippen LogP contribution is -2.14. The number of carboxylic acid groups (broad SMARTS) is 1. The third-order valence-corrected chi connectivity index (χ3v) is 3.51. The fourth-order valence-electron chi connectivity index (χ4n) is 2.33. The molecule has 0 atom stereocenters. The minimum Gasteiger partial charge on any atom is -0.482 e. The van der Waals surface area contributed by atoms with Gasteiger partial charge in [-0.3, -0.25) is 4.79 Å². The van der Waals surface area contributed by atoms with Gasteiger partial charge in [-0.25, -0.2) is 9.78 Å². The van der Waals surface area contributed by atoms with Crippen molar-refractivity contribution in [3.05, 3.63) is 78.5 Å². The van der Waals surface area contributed by atoms with E-state index in [2.05, 4.69) is 10.3 Å². The van der Waals surface area contributed by atoms with E-state index in [0.717, 1.165) is 5.56 Å². The third kappa shape index (κ3) is 4.45. The van der Waals surface area contributed by atoms with Crippen molar-refractivity contribution in [1.82, 2.24) is 4.98 Å². The number of ether oxygens (including phenoxy) is 1. The summed E-state index contributed by atoms with van der Waals surface area (Å²) in [4.78, 5) is 27.4. The number of hydrogen-bond acceptors (Lipinski definition) is 4. The molecule has 130 valence electrons. The number of nitrogens with zero attached hydrogens (tertiary/aromatic N) is 1. The summed E-state index contributed by atoms with van der Waals surface area (Å²) in [5.74, 6) is -1.07. The molecule has 6 heteroatoms. The van der Waals surface area contributed by atoms with E-state index in [0.29, 0.717) is 17.1 Å². The van der Waals surface area contributed by atoms with Gasteiger partial charge in [0.05, 0.1) is 5.69 Å². The average molecular weight is 348 g/mol. The lowest BCUT2D eigenvalue weighted by atomic mass is 10.1. The molecule has 1 heterocycles. The number of carbonyl (C=O) groups excluding carboxylic acids is 1. The maximum Gasteiger partial charge on any atom is 0.341 e. The smallest absolute Gasteiger partial charge is 0.341 e. The van der Waals surface area contributed by atoms with E-state index in [1.54, 1.807) is 36.4 Å². The molecule has 3 aromatic rings. The number of carboxylic acids is 1. The number of anilines is 1. The van der Waals surface area contributed by atoms with Gasteiger partial charge in [0.2, 0.25) is 0 Å². The van der Waals surface area contributed by atoms with Crippen LogP contribution in [0, 0.1) is 0 Å². The first-order valence-electron chi connectivity index (χ1n) is 7.90. The molecule has 2 N–H and O–H groups in total. The molecule has 2 aromatic carbocycles. The van der Waals surface area contributed by atoms with Crippen LogP contribution < -0.4 is 10.1 Å². The molecule has 0 unspecified atom stereocenters. The SMILES string of the molecule is O=C(O)COc1cccc(NC(=O)c2cccc(-c3ccccc3)n2)c1. The number of benzene rings is 2. The van der Waals surface area contributed by atoms with Crippen molar-refractivity contribution in [2.45, 2.75) is 0 Å². The summed E-state index contributed by atoms with van der Waals surface area (Å²) >= 11 is 0. The lowest BCUT2D eigenvalue weighted by Gasteiger charge is -2.08. The standard InChI is InChI=1S/C20H16N2O4/c23-19(24)13-26-16-9-4-8-15(12-16)21-20(25)18-11-5-10-17(22-18)14-6-2-1-3-7-14/h1-12H,13H2,(H,21,25)(H,23,24). The highest BCUT2D eigenvalue weighted by Gasteiger charge is 2.10. The van der Waals surface area contributed by atoms with Crippen molar-refractivity contribution < 1.29 is 19.4 Å². The van der Waals surface area contributed by atoms with Crippen LogP contribution in [0.25, 0.3) is 11.3 Å². The first kappa shape index (κ1) is 17.2. The van der Waals surface area contributed by atoms with Crippen molar-refractivity contribution >= 4 is 17.6 Å². The van der Waals surface area contributed by atoms with E-state index in [1.165, 1.54) is 0 Å². The monoisotopic (exact) mass is 348 g/mol. The largest absolute Gasteiger partial charge is 0.482 e. The number of nitrogens with one attached hydrogen (secondary N) is 1. The number of pyridine rings is 1. The molecule has 0 aliphatic heterocycles. The number of amides is 1. The van der Waals surface area contributed by atoms with Gasteiger partial charge in [0.1, 0.15) is 11.4 Å². The third-order valence-electron chi connectivity index (χ3n) is 3.51. The number of hydrogen-bond donors (Lipinski definition) is 2. The zero-order valence-corrected chi connectivity index (χ0v) is 13.8. The Kier molecular flexibility index (Phi) is 5.24. The fraction of sp³-hybridized carbons (Fsp3) is 0.0500. The second-order valence-corrected chi connectivity index (χ2v) is 5.44. The van der Waals surface area contributed by atoms with Crippen LogP contribution in [0.3, 0.4) is 0 Å². The Morgan fingerprint density at radius 3 is 2.50 bits per heavy atom. The summed E-state index contributed by atoms with van der Waals surface area (Å²) < 4.78 is 5.11. The molecular weight excluding hydrogens is 332 g/mol. The Labute approximate surface area is 150 Å². The van der Waals surface area contributed by atoms with Gasteiger partial charge in [0.25, 0.3) is 5.91 Å². The van der Waals surface area contributed by atoms with Gasteiger partial charge in [0, 0.05) is 17.3 Å². The number of aromatic nitrogens is 1. The maximum absolute atomic E-state index is 12.5. The molecule has 3 rings (SSSR count). The zero-order chi connectivity index (χ0) is 18.4. The normalized spacial score (nSPS) is 10.2. The fourth-order valence-corrected chi connectivity index (χ4v) is 2.33. The summed E-state index contributed by atoms with van der Waals surface area (Å²) in [6.45, 7) is -0.446. The average Bonchev–Trinajstić information content (AvgIpc) is 2.67. The van der Waals surface area contributed by atoms with Gasteiger partial charge in [-0.15, -0.1) is 0 Å². The molecule has 0 radical (unpaired) electrons. The molecule has 0 bridgehead atoms. The van der Waals surface area contributed by atoms with Crippen molar-refractivity contribution in [2.75, 3.05) is 11.9 Å². The summed E-state index contributed by atoms with van der Waals surface area (Å²) in [5, 5.41) is 11.4. The van der Waals surface area contributed by atoms with E-state index >= 15 is 0 Å². The Balaban J connectivity index is 1.74. The van der Waals surface area contributed by atoms with E-state index in [9.17, 15) is 9.59 Å². The van der Waals surface area contributed by atoms with Crippen molar-refractivity contribution in [3.63, 3.8) is 0 Å². The number of rotatable bonds is 6. The molecule has 6 nitrogen and oxygen atoms in total. The Morgan fingerprint density at radius 2 is 1.73 bits per heavy atom. The Morgan fingerprint density at radius 1 is 0.962 bits per heavy atom. The highest BCUT2D eigenvalue weighted by atomic mass is 16.5. The van der Waals surface area contributed by atoms with Crippen molar-refractivity contribution in [3.8, 4) is 17.0 Å². The van der Waals surface area contributed by atoms with Crippen LogP contribution in [0.1, 0.15) is 10.5 Å². The van der Waals surface area contributed by atoms with Gasteiger partial charge in [-0.05, 0) is 24.3 Å². The molecule has 0 saturated heterocycles. The predicted molar refractivity (Wildman–Crippen MR) is 97.2 cm³/mol. The van der Waals surface area contributed by atoms with Crippen molar-refractivity contribution in [2.24, 2.45) is 0 Å². The zero-order valence-electron chi connectivity index (χ0n) is 13.8. The quantitative estimate of drug-likeness (QED) is 0.712. The Hall–Kier alpha value is -3.67. The highest BCUT2D eigenvalue weighted by molar-refractivity contribution is 6.03. The molecular formula is C20H16N2O4. The van der Waals surface area contributed by atoms with E-state index in [4.69, 9.17) is 9.84 Å². The van der Waals surface area contributed by atoms with Gasteiger partial charge < -0.3 is 15.2 Å². The maximum atomic E-state index is 12.5. The molecule has 0 fully saturated rings. The van der Waals surface area contributed by atoms with Gasteiger partial charge in [-0.1, -0.05) is 42.5 Å². The molecule has 0 aliphatic rings. The van der Waals surface area contributed by atoms with Gasteiger partial charge in [0.15, 0.2) is 6.61 Å². The second kappa shape index (κ2) is 7.94. The minimum absolute atomic E-state index is 0.281. The summed E-state index contributed by atoms with van der Waals surface area (Å²) in [5.41, 5.74) is 2.40. The minimum atomic E-state index is -1.07. The molecule has 1 amide bonds. The Bertz CT molecular complexity index is 926. The molecule has 0 saturated carbocycles.